The van der Waals surface area contributed by atoms with Crippen LogP contribution in [0.15, 0.2) is 23.3 Å². The highest BCUT2D eigenvalue weighted by Gasteiger charge is 2.15. The summed E-state index contributed by atoms with van der Waals surface area (Å²) in [5.74, 6) is 1.96. The number of nitrogens with zero attached hydrogens (tertiary/aromatic N) is 5. The third-order valence-corrected chi connectivity index (χ3v) is 5.79. The molecule has 1 atom stereocenters. The fourth-order valence-corrected chi connectivity index (χ4v) is 3.69. The third kappa shape index (κ3) is 10.4. The highest BCUT2D eigenvalue weighted by Crippen LogP contribution is 2.14. The number of aliphatic imine (C=N–C) groups is 1. The van der Waals surface area contributed by atoms with E-state index in [1.807, 2.05) is 6.20 Å². The van der Waals surface area contributed by atoms with Gasteiger partial charge in [0.1, 0.15) is 5.82 Å². The largest absolute Gasteiger partial charge is 0.357 e. The number of guanidine groups is 1. The van der Waals surface area contributed by atoms with Gasteiger partial charge in [-0.05, 0) is 65.0 Å². The van der Waals surface area contributed by atoms with Crippen LogP contribution in [0.2, 0.25) is 0 Å². The van der Waals surface area contributed by atoms with Crippen LogP contribution >= 0.6 is 24.0 Å². The zero-order valence-corrected chi connectivity index (χ0v) is 22.6. The van der Waals surface area contributed by atoms with Crippen molar-refractivity contribution in [3.8, 4) is 0 Å². The van der Waals surface area contributed by atoms with Crippen LogP contribution in [-0.2, 0) is 6.54 Å². The number of aromatic nitrogens is 1. The molecule has 0 aliphatic carbocycles. The van der Waals surface area contributed by atoms with E-state index in [1.54, 1.807) is 0 Å². The molecule has 0 amide bonds. The van der Waals surface area contributed by atoms with Gasteiger partial charge in [-0.15, -0.1) is 24.0 Å². The van der Waals surface area contributed by atoms with Crippen molar-refractivity contribution >= 4 is 35.8 Å². The van der Waals surface area contributed by atoms with Gasteiger partial charge in [0, 0.05) is 45.0 Å². The predicted molar refractivity (Wildman–Crippen MR) is 144 cm³/mol. The van der Waals surface area contributed by atoms with E-state index in [-0.39, 0.29) is 24.0 Å². The number of likely N-dealkylation sites (N-methyl/N-ethyl adjacent to an activating group) is 1. The Bertz CT molecular complexity index is 611. The Balaban J connectivity index is 0.00000480. The first-order chi connectivity index (χ1) is 14.5. The van der Waals surface area contributed by atoms with Crippen molar-refractivity contribution in [2.24, 2.45) is 4.99 Å². The number of pyridine rings is 1. The standard InChI is InChI=1S/C23H43N7.HI/c1-6-24-23(27-20(4)10-9-13-29(7-2)8-3)26-19-21-11-12-22(25-18-21)30-16-14-28(5)15-17-30;/h11-12,18,20H,6-10,13-17,19H2,1-5H3,(H2,24,26,27);1H. The number of nitrogens with one attached hydrogen (secondary N) is 2. The van der Waals surface area contributed by atoms with Crippen LogP contribution in [0.25, 0.3) is 0 Å². The average molecular weight is 546 g/mol. The van der Waals surface area contributed by atoms with E-state index in [1.165, 1.54) is 6.42 Å². The Morgan fingerprint density at radius 1 is 1.16 bits per heavy atom. The second-order valence-electron chi connectivity index (χ2n) is 8.22. The monoisotopic (exact) mass is 545 g/mol. The molecule has 1 aromatic rings. The van der Waals surface area contributed by atoms with Crippen LogP contribution in [0.1, 0.15) is 46.1 Å². The summed E-state index contributed by atoms with van der Waals surface area (Å²) < 4.78 is 0. The van der Waals surface area contributed by atoms with Crippen LogP contribution in [0, 0.1) is 0 Å². The maximum absolute atomic E-state index is 4.78. The van der Waals surface area contributed by atoms with Gasteiger partial charge < -0.3 is 25.3 Å². The fourth-order valence-electron chi connectivity index (χ4n) is 3.69. The van der Waals surface area contributed by atoms with Crippen LogP contribution < -0.4 is 15.5 Å². The minimum atomic E-state index is 0. The van der Waals surface area contributed by atoms with Gasteiger partial charge in [-0.3, -0.25) is 0 Å². The summed E-state index contributed by atoms with van der Waals surface area (Å²) in [7, 11) is 2.17. The molecule has 0 spiro atoms. The SMILES string of the molecule is CCNC(=NCc1ccc(N2CCN(C)CC2)nc1)NC(C)CCCN(CC)CC.I. The molecule has 1 aliphatic rings. The van der Waals surface area contributed by atoms with E-state index >= 15 is 0 Å². The Hall–Kier alpha value is -1.13. The Morgan fingerprint density at radius 2 is 1.87 bits per heavy atom. The topological polar surface area (TPSA) is 59.0 Å². The lowest BCUT2D eigenvalue weighted by Gasteiger charge is -2.33. The molecule has 0 radical (unpaired) electrons. The van der Waals surface area contributed by atoms with Crippen LogP contribution in [0.4, 0.5) is 5.82 Å². The molecule has 2 N–H and O–H groups in total. The van der Waals surface area contributed by atoms with Crippen molar-refractivity contribution < 1.29 is 0 Å². The molecular weight excluding hydrogens is 501 g/mol. The molecule has 0 saturated carbocycles. The van der Waals surface area contributed by atoms with Gasteiger partial charge in [-0.25, -0.2) is 9.98 Å². The molecule has 0 aromatic carbocycles. The Kier molecular flexibility index (Phi) is 14.1. The molecule has 2 heterocycles. The molecule has 1 aliphatic heterocycles. The lowest BCUT2D eigenvalue weighted by Crippen LogP contribution is -2.44. The minimum absolute atomic E-state index is 0. The highest BCUT2D eigenvalue weighted by molar-refractivity contribution is 14.0. The number of halogens is 1. The van der Waals surface area contributed by atoms with E-state index in [4.69, 9.17) is 4.99 Å². The molecule has 2 rings (SSSR count). The second-order valence-corrected chi connectivity index (χ2v) is 8.22. The van der Waals surface area contributed by atoms with Gasteiger partial charge in [0.15, 0.2) is 5.96 Å². The Morgan fingerprint density at radius 3 is 2.45 bits per heavy atom. The van der Waals surface area contributed by atoms with Gasteiger partial charge in [0.25, 0.3) is 0 Å². The van der Waals surface area contributed by atoms with Gasteiger partial charge in [0.2, 0.25) is 0 Å². The zero-order chi connectivity index (χ0) is 21.8. The number of piperazine rings is 1. The van der Waals surface area contributed by atoms with Crippen LogP contribution in [0.5, 0.6) is 0 Å². The second kappa shape index (κ2) is 15.6. The molecule has 31 heavy (non-hydrogen) atoms. The first-order valence-corrected chi connectivity index (χ1v) is 11.7. The number of anilines is 1. The number of hydrogen-bond donors (Lipinski definition) is 2. The molecule has 1 unspecified atom stereocenters. The average Bonchev–Trinajstić information content (AvgIpc) is 2.76. The quantitative estimate of drug-likeness (QED) is 0.253. The first-order valence-electron chi connectivity index (χ1n) is 11.7. The smallest absolute Gasteiger partial charge is 0.191 e. The van der Waals surface area contributed by atoms with Gasteiger partial charge in [-0.1, -0.05) is 19.9 Å². The number of hydrogen-bond acceptors (Lipinski definition) is 5. The summed E-state index contributed by atoms with van der Waals surface area (Å²) in [6.45, 7) is 18.0. The highest BCUT2D eigenvalue weighted by atomic mass is 127. The third-order valence-electron chi connectivity index (χ3n) is 5.79. The first kappa shape index (κ1) is 27.9. The predicted octanol–water partition coefficient (Wildman–Crippen LogP) is 3.02. The zero-order valence-electron chi connectivity index (χ0n) is 20.2. The summed E-state index contributed by atoms with van der Waals surface area (Å²) in [6.07, 6.45) is 4.31. The van der Waals surface area contributed by atoms with Crippen molar-refractivity contribution in [2.75, 3.05) is 64.3 Å². The van der Waals surface area contributed by atoms with Gasteiger partial charge in [0.05, 0.1) is 6.54 Å². The van der Waals surface area contributed by atoms with E-state index in [2.05, 4.69) is 77.2 Å². The van der Waals surface area contributed by atoms with Crippen molar-refractivity contribution in [2.45, 2.75) is 53.1 Å². The van der Waals surface area contributed by atoms with E-state index in [0.717, 1.165) is 76.1 Å². The van der Waals surface area contributed by atoms with Crippen LogP contribution in [-0.4, -0.2) is 86.2 Å². The van der Waals surface area contributed by atoms with Gasteiger partial charge >= 0.3 is 0 Å². The molecule has 7 nitrogen and oxygen atoms in total. The maximum atomic E-state index is 4.78. The molecule has 1 saturated heterocycles. The van der Waals surface area contributed by atoms with Crippen LogP contribution in [0.3, 0.4) is 0 Å². The summed E-state index contributed by atoms with van der Waals surface area (Å²) in [5, 5.41) is 6.92. The van der Waals surface area contributed by atoms with Gasteiger partial charge in [-0.2, -0.15) is 0 Å². The lowest BCUT2D eigenvalue weighted by molar-refractivity contribution is 0.292. The summed E-state index contributed by atoms with van der Waals surface area (Å²) in [4.78, 5) is 16.7. The van der Waals surface area contributed by atoms with E-state index in [0.29, 0.717) is 12.6 Å². The molecule has 0 bridgehead atoms. The van der Waals surface area contributed by atoms with Crippen molar-refractivity contribution in [1.82, 2.24) is 25.4 Å². The van der Waals surface area contributed by atoms with Crippen molar-refractivity contribution in [3.63, 3.8) is 0 Å². The Labute approximate surface area is 207 Å². The molecule has 8 heteroatoms. The molecular formula is C23H44IN7. The number of rotatable bonds is 11. The lowest BCUT2D eigenvalue weighted by atomic mass is 10.2. The normalized spacial score (nSPS) is 16.2. The van der Waals surface area contributed by atoms with Crippen molar-refractivity contribution in [3.05, 3.63) is 23.9 Å². The minimum Gasteiger partial charge on any atom is -0.357 e. The summed E-state index contributed by atoms with van der Waals surface area (Å²) in [6, 6.07) is 4.68. The molecule has 1 aromatic heterocycles. The summed E-state index contributed by atoms with van der Waals surface area (Å²) in [5.41, 5.74) is 1.14. The molecule has 178 valence electrons. The fraction of sp³-hybridized carbons (Fsp3) is 0.739. The van der Waals surface area contributed by atoms with E-state index < -0.39 is 0 Å². The van der Waals surface area contributed by atoms with E-state index in [9.17, 15) is 0 Å². The van der Waals surface area contributed by atoms with Crippen molar-refractivity contribution in [1.29, 1.82) is 0 Å². The molecule has 1 fully saturated rings. The summed E-state index contributed by atoms with van der Waals surface area (Å²) >= 11 is 0. The maximum Gasteiger partial charge on any atom is 0.191 e.